The normalized spacial score (nSPS) is 34.3. The first-order valence-corrected chi connectivity index (χ1v) is 8.39. The van der Waals surface area contributed by atoms with Crippen LogP contribution in [-0.2, 0) is 11.2 Å². The number of nitrogens with one attached hydrogen (secondary N) is 2. The van der Waals surface area contributed by atoms with Gasteiger partial charge in [-0.1, -0.05) is 37.1 Å². The fourth-order valence-electron chi connectivity index (χ4n) is 4.70. The molecule has 3 atom stereocenters. The van der Waals surface area contributed by atoms with Gasteiger partial charge >= 0.3 is 0 Å². The van der Waals surface area contributed by atoms with Crippen molar-refractivity contribution < 1.29 is 4.79 Å². The Morgan fingerprint density at radius 2 is 2.14 bits per heavy atom. The summed E-state index contributed by atoms with van der Waals surface area (Å²) >= 11 is 0. The van der Waals surface area contributed by atoms with Crippen molar-refractivity contribution in [2.24, 2.45) is 11.3 Å². The molecule has 21 heavy (non-hydrogen) atoms. The van der Waals surface area contributed by atoms with Crippen LogP contribution in [0.4, 0.5) is 0 Å². The zero-order valence-electron chi connectivity index (χ0n) is 12.5. The van der Waals surface area contributed by atoms with Crippen LogP contribution in [0.2, 0.25) is 0 Å². The van der Waals surface area contributed by atoms with Gasteiger partial charge in [0.25, 0.3) is 0 Å². The quantitative estimate of drug-likeness (QED) is 0.876. The summed E-state index contributed by atoms with van der Waals surface area (Å²) < 4.78 is 0. The molecule has 3 heteroatoms. The highest BCUT2D eigenvalue weighted by Crippen LogP contribution is 2.44. The van der Waals surface area contributed by atoms with Crippen molar-refractivity contribution in [1.82, 2.24) is 10.6 Å². The van der Waals surface area contributed by atoms with Crippen molar-refractivity contribution in [1.29, 1.82) is 0 Å². The van der Waals surface area contributed by atoms with Crippen LogP contribution < -0.4 is 10.6 Å². The third-order valence-corrected chi connectivity index (χ3v) is 5.93. The Morgan fingerprint density at radius 3 is 3.10 bits per heavy atom. The predicted octanol–water partition coefficient (Wildman–Crippen LogP) is 2.57. The van der Waals surface area contributed by atoms with Crippen LogP contribution in [0, 0.1) is 11.3 Å². The molecule has 2 N–H and O–H groups in total. The number of amides is 1. The third-order valence-electron chi connectivity index (χ3n) is 5.93. The van der Waals surface area contributed by atoms with Crippen LogP contribution >= 0.6 is 0 Å². The van der Waals surface area contributed by atoms with E-state index in [9.17, 15) is 4.79 Å². The fraction of sp³-hybridized carbons (Fsp3) is 0.611. The molecular weight excluding hydrogens is 260 g/mol. The van der Waals surface area contributed by atoms with Gasteiger partial charge in [-0.15, -0.1) is 0 Å². The fourth-order valence-corrected chi connectivity index (χ4v) is 4.70. The van der Waals surface area contributed by atoms with Crippen LogP contribution in [0.25, 0.3) is 0 Å². The number of rotatable bonds is 2. The second kappa shape index (κ2) is 5.13. The van der Waals surface area contributed by atoms with Gasteiger partial charge in [0.15, 0.2) is 0 Å². The highest BCUT2D eigenvalue weighted by molar-refractivity contribution is 5.84. The van der Waals surface area contributed by atoms with Gasteiger partial charge in [0.1, 0.15) is 0 Å². The lowest BCUT2D eigenvalue weighted by Crippen LogP contribution is -2.48. The Kier molecular flexibility index (Phi) is 3.26. The molecule has 2 fully saturated rings. The van der Waals surface area contributed by atoms with Crippen LogP contribution in [0.1, 0.15) is 49.3 Å². The van der Waals surface area contributed by atoms with E-state index >= 15 is 0 Å². The van der Waals surface area contributed by atoms with Crippen molar-refractivity contribution in [3.8, 4) is 0 Å². The molecule has 4 rings (SSSR count). The lowest BCUT2D eigenvalue weighted by Gasteiger charge is -2.38. The van der Waals surface area contributed by atoms with E-state index in [0.717, 1.165) is 32.4 Å². The second-order valence-electron chi connectivity index (χ2n) is 6.99. The van der Waals surface area contributed by atoms with E-state index in [1.807, 2.05) is 0 Å². The van der Waals surface area contributed by atoms with Crippen molar-refractivity contribution in [2.75, 3.05) is 13.1 Å². The van der Waals surface area contributed by atoms with E-state index in [4.69, 9.17) is 0 Å². The topological polar surface area (TPSA) is 41.1 Å². The molecule has 3 nitrogen and oxygen atoms in total. The average molecular weight is 284 g/mol. The summed E-state index contributed by atoms with van der Waals surface area (Å²) in [5, 5.41) is 6.86. The third kappa shape index (κ3) is 2.10. The zero-order chi connectivity index (χ0) is 14.3. The zero-order valence-corrected chi connectivity index (χ0v) is 12.5. The number of fused-ring (bicyclic) bond motifs is 2. The SMILES string of the molecule is O=C(NC1CCc2ccccc21)[C@@]12CCCC[C@H]1CNC2. The molecule has 1 unspecified atom stereocenters. The number of aryl methyl sites for hydroxylation is 1. The van der Waals surface area contributed by atoms with Gasteiger partial charge in [0.2, 0.25) is 5.91 Å². The van der Waals surface area contributed by atoms with Crippen LogP contribution in [0.15, 0.2) is 24.3 Å². The Morgan fingerprint density at radius 1 is 1.24 bits per heavy atom. The Balaban J connectivity index is 1.54. The first-order valence-electron chi connectivity index (χ1n) is 8.39. The summed E-state index contributed by atoms with van der Waals surface area (Å²) in [6.45, 7) is 1.90. The van der Waals surface area contributed by atoms with Crippen LogP contribution in [-0.4, -0.2) is 19.0 Å². The molecule has 0 bridgehead atoms. The van der Waals surface area contributed by atoms with E-state index < -0.39 is 0 Å². The lowest BCUT2D eigenvalue weighted by molar-refractivity contribution is -0.134. The van der Waals surface area contributed by atoms with Gasteiger partial charge in [-0.2, -0.15) is 0 Å². The van der Waals surface area contributed by atoms with Gasteiger partial charge in [-0.05, 0) is 49.3 Å². The molecule has 1 saturated carbocycles. The van der Waals surface area contributed by atoms with Crippen molar-refractivity contribution >= 4 is 5.91 Å². The number of carbonyl (C=O) groups is 1. The van der Waals surface area contributed by atoms with E-state index in [-0.39, 0.29) is 11.5 Å². The highest BCUT2D eigenvalue weighted by atomic mass is 16.2. The molecule has 1 saturated heterocycles. The second-order valence-corrected chi connectivity index (χ2v) is 6.99. The van der Waals surface area contributed by atoms with Crippen molar-refractivity contribution in [3.05, 3.63) is 35.4 Å². The molecule has 112 valence electrons. The van der Waals surface area contributed by atoms with E-state index in [2.05, 4.69) is 34.9 Å². The molecule has 1 heterocycles. The van der Waals surface area contributed by atoms with Gasteiger partial charge in [-0.25, -0.2) is 0 Å². The van der Waals surface area contributed by atoms with E-state index in [1.165, 1.54) is 30.4 Å². The maximum atomic E-state index is 13.0. The molecule has 1 aliphatic heterocycles. The smallest absolute Gasteiger partial charge is 0.228 e. The molecule has 1 aromatic rings. The van der Waals surface area contributed by atoms with Gasteiger partial charge in [0, 0.05) is 6.54 Å². The summed E-state index contributed by atoms with van der Waals surface area (Å²) in [6.07, 6.45) is 6.90. The molecule has 0 radical (unpaired) electrons. The number of hydrogen-bond acceptors (Lipinski definition) is 2. The summed E-state index contributed by atoms with van der Waals surface area (Å²) in [6, 6.07) is 8.78. The number of benzene rings is 1. The summed E-state index contributed by atoms with van der Waals surface area (Å²) in [5.74, 6) is 0.849. The van der Waals surface area contributed by atoms with Crippen LogP contribution in [0.3, 0.4) is 0 Å². The minimum absolute atomic E-state index is 0.129. The van der Waals surface area contributed by atoms with Gasteiger partial charge in [0.05, 0.1) is 11.5 Å². The first kappa shape index (κ1) is 13.3. The summed E-state index contributed by atoms with van der Waals surface area (Å²) in [4.78, 5) is 13.0. The highest BCUT2D eigenvalue weighted by Gasteiger charge is 2.50. The summed E-state index contributed by atoms with van der Waals surface area (Å²) in [7, 11) is 0. The molecule has 0 aromatic heterocycles. The standard InChI is InChI=1S/C18H24N2O/c21-17(18-10-4-3-6-14(18)11-19-12-18)20-16-9-8-13-5-1-2-7-15(13)16/h1-2,5,7,14,16,19H,3-4,6,8-12H2,(H,20,21)/t14-,16?,18+/m0/s1. The Bertz CT molecular complexity index is 556. The molecule has 3 aliphatic rings. The largest absolute Gasteiger partial charge is 0.349 e. The van der Waals surface area contributed by atoms with Crippen molar-refractivity contribution in [3.63, 3.8) is 0 Å². The average Bonchev–Trinajstić information content (AvgIpc) is 3.12. The molecular formula is C18H24N2O. The predicted molar refractivity (Wildman–Crippen MR) is 82.9 cm³/mol. The van der Waals surface area contributed by atoms with Crippen LogP contribution in [0.5, 0.6) is 0 Å². The minimum Gasteiger partial charge on any atom is -0.349 e. The number of carbonyl (C=O) groups excluding carboxylic acids is 1. The lowest BCUT2D eigenvalue weighted by atomic mass is 9.67. The van der Waals surface area contributed by atoms with E-state index in [0.29, 0.717) is 11.8 Å². The molecule has 2 aliphatic carbocycles. The van der Waals surface area contributed by atoms with Gasteiger partial charge in [-0.3, -0.25) is 4.79 Å². The van der Waals surface area contributed by atoms with Gasteiger partial charge < -0.3 is 10.6 Å². The Labute approximate surface area is 126 Å². The summed E-state index contributed by atoms with van der Waals surface area (Å²) in [5.41, 5.74) is 2.61. The minimum atomic E-state index is -0.129. The Hall–Kier alpha value is -1.35. The number of hydrogen-bond donors (Lipinski definition) is 2. The molecule has 1 amide bonds. The maximum absolute atomic E-state index is 13.0. The maximum Gasteiger partial charge on any atom is 0.228 e. The van der Waals surface area contributed by atoms with E-state index in [1.54, 1.807) is 0 Å². The monoisotopic (exact) mass is 284 g/mol. The molecule has 0 spiro atoms. The molecule has 1 aromatic carbocycles. The van der Waals surface area contributed by atoms with Crippen molar-refractivity contribution in [2.45, 2.75) is 44.6 Å². The first-order chi connectivity index (χ1) is 10.3.